The Balaban J connectivity index is 1.43. The van der Waals surface area contributed by atoms with E-state index in [1.54, 1.807) is 18.2 Å². The maximum atomic E-state index is 13.8. The Morgan fingerprint density at radius 3 is 2.34 bits per heavy atom. The van der Waals surface area contributed by atoms with E-state index in [0.717, 1.165) is 24.3 Å². The number of pyridine rings is 1. The number of amides is 1. The molecule has 2 aromatic carbocycles. The summed E-state index contributed by atoms with van der Waals surface area (Å²) in [5.74, 6) is -2.19. The molecule has 32 heavy (non-hydrogen) atoms. The van der Waals surface area contributed by atoms with Crippen LogP contribution in [0.3, 0.4) is 0 Å². The molecule has 1 fully saturated rings. The highest BCUT2D eigenvalue weighted by Crippen LogP contribution is 2.34. The number of anilines is 1. The summed E-state index contributed by atoms with van der Waals surface area (Å²) < 4.78 is 66.9. The highest BCUT2D eigenvalue weighted by atomic mass is 19.4. The zero-order valence-corrected chi connectivity index (χ0v) is 16.8. The molecule has 1 aromatic heterocycles. The van der Waals surface area contributed by atoms with Crippen molar-refractivity contribution in [1.29, 1.82) is 0 Å². The number of nitrogens with zero attached hydrogens (tertiary/aromatic N) is 1. The lowest BCUT2D eigenvalue weighted by atomic mass is 9.90. The lowest BCUT2D eigenvalue weighted by Gasteiger charge is -2.30. The molecule has 1 saturated carbocycles. The number of alkyl halides is 3. The third kappa shape index (κ3) is 4.81. The Morgan fingerprint density at radius 2 is 1.62 bits per heavy atom. The van der Waals surface area contributed by atoms with Gasteiger partial charge in [-0.15, -0.1) is 0 Å². The number of para-hydroxylation sites is 1. The second-order valence-electron chi connectivity index (χ2n) is 7.86. The number of hydrogen-bond donors (Lipinski definition) is 2. The molecule has 0 aliphatic heterocycles. The molecule has 168 valence electrons. The molecule has 0 radical (unpaired) electrons. The quantitative estimate of drug-likeness (QED) is 0.504. The number of benzene rings is 2. The monoisotopic (exact) mass is 449 g/mol. The van der Waals surface area contributed by atoms with Gasteiger partial charge in [-0.05, 0) is 56.0 Å². The van der Waals surface area contributed by atoms with Crippen molar-refractivity contribution in [3.63, 3.8) is 0 Å². The van der Waals surface area contributed by atoms with Gasteiger partial charge in [-0.1, -0.05) is 18.2 Å². The Morgan fingerprint density at radius 1 is 0.938 bits per heavy atom. The van der Waals surface area contributed by atoms with Crippen LogP contribution in [0.15, 0.2) is 48.5 Å². The van der Waals surface area contributed by atoms with Gasteiger partial charge in [-0.2, -0.15) is 13.2 Å². The average Bonchev–Trinajstić information content (AvgIpc) is 2.76. The molecule has 0 atom stereocenters. The maximum Gasteiger partial charge on any atom is 0.433 e. The summed E-state index contributed by atoms with van der Waals surface area (Å²) in [6.45, 7) is 0. The second-order valence-corrected chi connectivity index (χ2v) is 7.86. The van der Waals surface area contributed by atoms with Gasteiger partial charge >= 0.3 is 6.18 Å². The number of nitrogens with one attached hydrogen (secondary N) is 2. The average molecular weight is 449 g/mol. The van der Waals surface area contributed by atoms with Crippen LogP contribution in [-0.4, -0.2) is 23.0 Å². The molecule has 3 aromatic rings. The molecule has 1 heterocycles. The van der Waals surface area contributed by atoms with E-state index in [-0.39, 0.29) is 23.2 Å². The van der Waals surface area contributed by atoms with Crippen LogP contribution in [0.5, 0.6) is 0 Å². The van der Waals surface area contributed by atoms with Crippen molar-refractivity contribution in [3.05, 3.63) is 71.4 Å². The van der Waals surface area contributed by atoms with E-state index in [1.807, 2.05) is 0 Å². The molecule has 1 amide bonds. The minimum atomic E-state index is -4.56. The van der Waals surface area contributed by atoms with Gasteiger partial charge in [0.05, 0.1) is 11.1 Å². The van der Waals surface area contributed by atoms with Crippen LogP contribution in [0.25, 0.3) is 10.9 Å². The van der Waals surface area contributed by atoms with Crippen LogP contribution < -0.4 is 10.6 Å². The summed E-state index contributed by atoms with van der Waals surface area (Å²) in [5, 5.41) is 6.51. The van der Waals surface area contributed by atoms with Crippen molar-refractivity contribution < 1.29 is 26.7 Å². The predicted molar refractivity (Wildman–Crippen MR) is 110 cm³/mol. The number of fused-ring (bicyclic) bond motifs is 1. The normalized spacial score (nSPS) is 19.0. The molecule has 0 spiro atoms. The molecule has 2 N–H and O–H groups in total. The Bertz CT molecular complexity index is 1140. The molecular weight excluding hydrogens is 429 g/mol. The largest absolute Gasteiger partial charge is 0.433 e. The molecule has 0 bridgehead atoms. The van der Waals surface area contributed by atoms with Crippen LogP contribution in [-0.2, 0) is 6.18 Å². The third-order valence-electron chi connectivity index (χ3n) is 5.60. The smallest absolute Gasteiger partial charge is 0.382 e. The highest BCUT2D eigenvalue weighted by Gasteiger charge is 2.34. The fourth-order valence-corrected chi connectivity index (χ4v) is 3.98. The van der Waals surface area contributed by atoms with Gasteiger partial charge in [0.2, 0.25) is 0 Å². The van der Waals surface area contributed by atoms with Gasteiger partial charge in [-0.25, -0.2) is 13.8 Å². The third-order valence-corrected chi connectivity index (χ3v) is 5.60. The Kier molecular flexibility index (Phi) is 5.99. The molecular formula is C23H20F5N3O. The fourth-order valence-electron chi connectivity index (χ4n) is 3.98. The summed E-state index contributed by atoms with van der Waals surface area (Å²) in [6.07, 6.45) is -2.28. The van der Waals surface area contributed by atoms with E-state index >= 15 is 0 Å². The minimum Gasteiger partial charge on any atom is -0.382 e. The number of aromatic nitrogens is 1. The SMILES string of the molecule is O=C(N[C@H]1CC[C@@H](Nc2cc(C(F)(F)F)nc3ccccc23)CC1)c1cc(F)ccc1F. The van der Waals surface area contributed by atoms with Crippen molar-refractivity contribution in [2.24, 2.45) is 0 Å². The summed E-state index contributed by atoms with van der Waals surface area (Å²) in [6, 6.07) is 10.00. The van der Waals surface area contributed by atoms with Crippen molar-refractivity contribution in [3.8, 4) is 0 Å². The fraction of sp³-hybridized carbons (Fsp3) is 0.304. The number of rotatable bonds is 4. The van der Waals surface area contributed by atoms with Crippen LogP contribution in [0.4, 0.5) is 27.6 Å². The minimum absolute atomic E-state index is 0.0963. The number of carbonyl (C=O) groups excluding carboxylic acids is 1. The van der Waals surface area contributed by atoms with E-state index < -0.39 is 29.4 Å². The van der Waals surface area contributed by atoms with Gasteiger partial charge in [0.15, 0.2) is 0 Å². The molecule has 9 heteroatoms. The van der Waals surface area contributed by atoms with E-state index in [0.29, 0.717) is 36.8 Å². The summed E-state index contributed by atoms with van der Waals surface area (Å²) in [7, 11) is 0. The van der Waals surface area contributed by atoms with Crippen LogP contribution in [0, 0.1) is 11.6 Å². The lowest BCUT2D eigenvalue weighted by molar-refractivity contribution is -0.140. The molecule has 0 unspecified atom stereocenters. The zero-order valence-electron chi connectivity index (χ0n) is 16.8. The Labute approximate surface area is 180 Å². The van der Waals surface area contributed by atoms with Gasteiger partial charge in [-0.3, -0.25) is 4.79 Å². The summed E-state index contributed by atoms with van der Waals surface area (Å²) in [4.78, 5) is 16.0. The van der Waals surface area contributed by atoms with E-state index in [1.165, 1.54) is 6.07 Å². The molecule has 4 nitrogen and oxygen atoms in total. The van der Waals surface area contributed by atoms with Crippen LogP contribution >= 0.6 is 0 Å². The summed E-state index contributed by atoms with van der Waals surface area (Å²) in [5.41, 5.74) is -0.704. The van der Waals surface area contributed by atoms with Crippen molar-refractivity contribution in [2.45, 2.75) is 43.9 Å². The van der Waals surface area contributed by atoms with E-state index in [9.17, 15) is 26.7 Å². The van der Waals surface area contributed by atoms with Crippen molar-refractivity contribution in [1.82, 2.24) is 10.3 Å². The topological polar surface area (TPSA) is 54.0 Å². The number of hydrogen-bond acceptors (Lipinski definition) is 3. The molecule has 1 aliphatic carbocycles. The number of carbonyl (C=O) groups is 1. The molecule has 0 saturated heterocycles. The first-order chi connectivity index (χ1) is 15.2. The second kappa shape index (κ2) is 8.72. The van der Waals surface area contributed by atoms with Crippen molar-refractivity contribution in [2.75, 3.05) is 5.32 Å². The first-order valence-electron chi connectivity index (χ1n) is 10.2. The van der Waals surface area contributed by atoms with Gasteiger partial charge < -0.3 is 10.6 Å². The predicted octanol–water partition coefficient (Wildman–Crippen LogP) is 5.68. The molecule has 1 aliphatic rings. The van der Waals surface area contributed by atoms with Crippen LogP contribution in [0.1, 0.15) is 41.7 Å². The van der Waals surface area contributed by atoms with E-state index in [4.69, 9.17) is 0 Å². The highest BCUT2D eigenvalue weighted by molar-refractivity contribution is 5.94. The summed E-state index contributed by atoms with van der Waals surface area (Å²) >= 11 is 0. The standard InChI is InChI=1S/C23H20F5N3O/c24-13-5-10-18(25)17(11-13)22(32)30-15-8-6-14(7-9-15)29-20-12-21(23(26,27)28)31-19-4-2-1-3-16(19)20/h1-5,10-12,14-15H,6-9H2,(H,29,31)(H,30,32)/t14-,15+. The van der Waals surface area contributed by atoms with Gasteiger partial charge in [0.25, 0.3) is 5.91 Å². The Hall–Kier alpha value is -3.23. The van der Waals surface area contributed by atoms with E-state index in [2.05, 4.69) is 15.6 Å². The van der Waals surface area contributed by atoms with Crippen LogP contribution in [0.2, 0.25) is 0 Å². The van der Waals surface area contributed by atoms with Crippen molar-refractivity contribution >= 4 is 22.5 Å². The lowest BCUT2D eigenvalue weighted by Crippen LogP contribution is -2.40. The zero-order chi connectivity index (χ0) is 22.9. The first kappa shape index (κ1) is 22.0. The number of halogens is 5. The first-order valence-corrected chi connectivity index (χ1v) is 10.2. The van der Waals surface area contributed by atoms with Gasteiger partial charge in [0, 0.05) is 23.2 Å². The molecule has 4 rings (SSSR count). The van der Waals surface area contributed by atoms with Gasteiger partial charge in [0.1, 0.15) is 17.3 Å². The maximum absolute atomic E-state index is 13.8.